The second kappa shape index (κ2) is 6.70. The number of carbonyl (C=O) groups excluding carboxylic acids is 1. The standard InChI is InChI=1S/C15H19NO2/c1-4-5-6-7-8-15(18)16-13-9-12(3)14(17)10-11(13)2/h1,9-10,17H,5-8H2,2-3H3,(H,16,18). The number of benzene rings is 1. The zero-order valence-electron chi connectivity index (χ0n) is 10.9. The van der Waals surface area contributed by atoms with Crippen LogP contribution in [-0.2, 0) is 4.79 Å². The van der Waals surface area contributed by atoms with Crippen LogP contribution in [0.3, 0.4) is 0 Å². The molecule has 0 saturated carbocycles. The number of terminal acetylenes is 1. The maximum absolute atomic E-state index is 11.7. The van der Waals surface area contributed by atoms with Gasteiger partial charge in [0.25, 0.3) is 0 Å². The summed E-state index contributed by atoms with van der Waals surface area (Å²) in [6.45, 7) is 3.66. The van der Waals surface area contributed by atoms with Gasteiger partial charge < -0.3 is 10.4 Å². The topological polar surface area (TPSA) is 49.3 Å². The van der Waals surface area contributed by atoms with E-state index in [2.05, 4.69) is 11.2 Å². The average molecular weight is 245 g/mol. The average Bonchev–Trinajstić information content (AvgIpc) is 2.32. The number of aryl methyl sites for hydroxylation is 2. The highest BCUT2D eigenvalue weighted by Crippen LogP contribution is 2.25. The Bertz CT molecular complexity index is 472. The quantitative estimate of drug-likeness (QED) is 0.475. The molecule has 0 aliphatic carbocycles. The van der Waals surface area contributed by atoms with E-state index in [9.17, 15) is 9.90 Å². The molecule has 0 aliphatic heterocycles. The molecular weight excluding hydrogens is 226 g/mol. The van der Waals surface area contributed by atoms with Crippen LogP contribution in [0, 0.1) is 26.2 Å². The molecule has 0 aromatic heterocycles. The number of carbonyl (C=O) groups is 1. The van der Waals surface area contributed by atoms with Crippen molar-refractivity contribution < 1.29 is 9.90 Å². The summed E-state index contributed by atoms with van der Waals surface area (Å²) in [6.07, 6.45) is 8.00. The van der Waals surface area contributed by atoms with Crippen molar-refractivity contribution in [2.45, 2.75) is 39.5 Å². The van der Waals surface area contributed by atoms with Gasteiger partial charge in [-0.1, -0.05) is 0 Å². The molecule has 1 amide bonds. The van der Waals surface area contributed by atoms with E-state index in [1.807, 2.05) is 6.92 Å². The van der Waals surface area contributed by atoms with E-state index in [4.69, 9.17) is 6.42 Å². The highest BCUT2D eigenvalue weighted by Gasteiger charge is 2.07. The van der Waals surface area contributed by atoms with Crippen LogP contribution in [0.1, 0.15) is 36.8 Å². The van der Waals surface area contributed by atoms with Crippen LogP contribution in [0.2, 0.25) is 0 Å². The van der Waals surface area contributed by atoms with Crippen molar-refractivity contribution in [3.05, 3.63) is 23.3 Å². The van der Waals surface area contributed by atoms with Gasteiger partial charge in [-0.15, -0.1) is 12.3 Å². The van der Waals surface area contributed by atoms with Gasteiger partial charge in [0.15, 0.2) is 0 Å². The highest BCUT2D eigenvalue weighted by atomic mass is 16.3. The molecular formula is C15H19NO2. The van der Waals surface area contributed by atoms with Crippen LogP contribution >= 0.6 is 0 Å². The molecule has 0 bridgehead atoms. The first-order valence-electron chi connectivity index (χ1n) is 6.08. The third-order valence-corrected chi connectivity index (χ3v) is 2.79. The van der Waals surface area contributed by atoms with Crippen LogP contribution in [0.15, 0.2) is 12.1 Å². The van der Waals surface area contributed by atoms with Gasteiger partial charge in [0, 0.05) is 18.5 Å². The fourth-order valence-corrected chi connectivity index (χ4v) is 1.66. The Balaban J connectivity index is 2.55. The summed E-state index contributed by atoms with van der Waals surface area (Å²) in [4.78, 5) is 11.7. The molecule has 0 heterocycles. The van der Waals surface area contributed by atoms with Gasteiger partial charge in [0.05, 0.1) is 0 Å². The van der Waals surface area contributed by atoms with E-state index in [0.717, 1.165) is 29.7 Å². The predicted octanol–water partition coefficient (Wildman–Crippen LogP) is 3.14. The minimum atomic E-state index is -0.0137. The van der Waals surface area contributed by atoms with Crippen LogP contribution in [0.25, 0.3) is 0 Å². The van der Waals surface area contributed by atoms with Gasteiger partial charge in [-0.05, 0) is 49.9 Å². The molecule has 3 nitrogen and oxygen atoms in total. The largest absolute Gasteiger partial charge is 0.508 e. The molecule has 0 aliphatic rings. The maximum Gasteiger partial charge on any atom is 0.224 e. The van der Waals surface area contributed by atoms with Crippen molar-refractivity contribution in [2.24, 2.45) is 0 Å². The lowest BCUT2D eigenvalue weighted by Crippen LogP contribution is -2.12. The summed E-state index contributed by atoms with van der Waals surface area (Å²) < 4.78 is 0. The van der Waals surface area contributed by atoms with E-state index in [-0.39, 0.29) is 11.7 Å². The molecule has 18 heavy (non-hydrogen) atoms. The van der Waals surface area contributed by atoms with E-state index in [0.29, 0.717) is 12.8 Å². The number of hydrogen-bond donors (Lipinski definition) is 2. The second-order valence-corrected chi connectivity index (χ2v) is 4.41. The molecule has 0 saturated heterocycles. The first kappa shape index (κ1) is 14.1. The van der Waals surface area contributed by atoms with Gasteiger partial charge in [0.2, 0.25) is 5.91 Å². The minimum absolute atomic E-state index is 0.0137. The third-order valence-electron chi connectivity index (χ3n) is 2.79. The van der Waals surface area contributed by atoms with Gasteiger partial charge in [-0.3, -0.25) is 4.79 Å². The number of anilines is 1. The monoisotopic (exact) mass is 245 g/mol. The third kappa shape index (κ3) is 4.14. The van der Waals surface area contributed by atoms with Gasteiger partial charge in [-0.2, -0.15) is 0 Å². The molecule has 1 aromatic rings. The smallest absolute Gasteiger partial charge is 0.224 e. The minimum Gasteiger partial charge on any atom is -0.508 e. The fraction of sp³-hybridized carbons (Fsp3) is 0.400. The number of aromatic hydroxyl groups is 1. The summed E-state index contributed by atoms with van der Waals surface area (Å²) in [5.41, 5.74) is 2.37. The molecule has 0 radical (unpaired) electrons. The lowest BCUT2D eigenvalue weighted by Gasteiger charge is -2.10. The molecule has 2 N–H and O–H groups in total. The number of hydrogen-bond acceptors (Lipinski definition) is 2. The van der Waals surface area contributed by atoms with E-state index in [1.165, 1.54) is 0 Å². The molecule has 3 heteroatoms. The normalized spacial score (nSPS) is 9.83. The Morgan fingerprint density at radius 1 is 1.33 bits per heavy atom. The first-order valence-corrected chi connectivity index (χ1v) is 6.08. The second-order valence-electron chi connectivity index (χ2n) is 4.41. The van der Waals surface area contributed by atoms with Crippen molar-refractivity contribution >= 4 is 11.6 Å². The number of unbranched alkanes of at least 4 members (excludes halogenated alkanes) is 2. The Morgan fingerprint density at radius 2 is 2.06 bits per heavy atom. The maximum atomic E-state index is 11.7. The van der Waals surface area contributed by atoms with Crippen LogP contribution in [-0.4, -0.2) is 11.0 Å². The summed E-state index contributed by atoms with van der Waals surface area (Å²) in [5, 5.41) is 12.4. The van der Waals surface area contributed by atoms with Crippen molar-refractivity contribution in [1.82, 2.24) is 0 Å². The molecule has 1 rings (SSSR count). The number of nitrogens with one attached hydrogen (secondary N) is 1. The van der Waals surface area contributed by atoms with E-state index < -0.39 is 0 Å². The summed E-state index contributed by atoms with van der Waals surface area (Å²) in [5.74, 6) is 2.79. The van der Waals surface area contributed by atoms with Crippen molar-refractivity contribution in [1.29, 1.82) is 0 Å². The number of phenolic OH excluding ortho intramolecular Hbond substituents is 1. The summed E-state index contributed by atoms with van der Waals surface area (Å²) in [7, 11) is 0. The lowest BCUT2D eigenvalue weighted by molar-refractivity contribution is -0.116. The predicted molar refractivity (Wildman–Crippen MR) is 73.5 cm³/mol. The van der Waals surface area contributed by atoms with Crippen molar-refractivity contribution in [3.8, 4) is 18.1 Å². The van der Waals surface area contributed by atoms with Crippen LogP contribution in [0.4, 0.5) is 5.69 Å². The molecule has 0 unspecified atom stereocenters. The molecule has 96 valence electrons. The Hall–Kier alpha value is -1.95. The SMILES string of the molecule is C#CCCCCC(=O)Nc1cc(C)c(O)cc1C. The van der Waals surface area contributed by atoms with Crippen LogP contribution in [0.5, 0.6) is 5.75 Å². The van der Waals surface area contributed by atoms with Crippen molar-refractivity contribution in [2.75, 3.05) is 5.32 Å². The zero-order valence-corrected chi connectivity index (χ0v) is 10.9. The highest BCUT2D eigenvalue weighted by molar-refractivity contribution is 5.91. The van der Waals surface area contributed by atoms with E-state index in [1.54, 1.807) is 19.1 Å². The molecule has 0 fully saturated rings. The lowest BCUT2D eigenvalue weighted by atomic mass is 10.1. The van der Waals surface area contributed by atoms with Gasteiger partial charge in [-0.25, -0.2) is 0 Å². The summed E-state index contributed by atoms with van der Waals surface area (Å²) in [6, 6.07) is 3.44. The fourth-order valence-electron chi connectivity index (χ4n) is 1.66. The Labute approximate surface area is 108 Å². The molecule has 0 atom stereocenters. The molecule has 0 spiro atoms. The van der Waals surface area contributed by atoms with Crippen LogP contribution < -0.4 is 5.32 Å². The van der Waals surface area contributed by atoms with E-state index >= 15 is 0 Å². The van der Waals surface area contributed by atoms with Crippen molar-refractivity contribution in [3.63, 3.8) is 0 Å². The number of amides is 1. The Morgan fingerprint density at radius 3 is 2.72 bits per heavy atom. The van der Waals surface area contributed by atoms with Gasteiger partial charge >= 0.3 is 0 Å². The number of rotatable bonds is 5. The Kier molecular flexibility index (Phi) is 5.26. The number of phenols is 1. The molecule has 1 aromatic carbocycles. The van der Waals surface area contributed by atoms with Gasteiger partial charge in [0.1, 0.15) is 5.75 Å². The summed E-state index contributed by atoms with van der Waals surface area (Å²) >= 11 is 0. The first-order chi connectivity index (χ1) is 8.54. The zero-order chi connectivity index (χ0) is 13.5.